The van der Waals surface area contributed by atoms with Gasteiger partial charge in [0, 0.05) is 54.7 Å². The minimum Gasteiger partial charge on any atom is -0.421 e. The van der Waals surface area contributed by atoms with Gasteiger partial charge in [-0.3, -0.25) is 4.79 Å². The first kappa shape index (κ1) is 23.7. The predicted octanol–water partition coefficient (Wildman–Crippen LogP) is 3.73. The molecule has 2 rings (SSSR count). The van der Waals surface area contributed by atoms with E-state index in [-0.39, 0.29) is 24.0 Å². The van der Waals surface area contributed by atoms with Gasteiger partial charge in [0.15, 0.2) is 0 Å². The molecular weight excluding hydrogens is 406 g/mol. The van der Waals surface area contributed by atoms with Crippen molar-refractivity contribution in [1.29, 1.82) is 0 Å². The van der Waals surface area contributed by atoms with E-state index in [2.05, 4.69) is 24.1 Å². The Kier molecular flexibility index (Phi) is 10.7. The van der Waals surface area contributed by atoms with E-state index in [1.54, 1.807) is 27.7 Å². The van der Waals surface area contributed by atoms with E-state index < -0.39 is 5.63 Å². The lowest BCUT2D eigenvalue weighted by Gasteiger charge is -2.21. The Labute approximate surface area is 173 Å². The maximum Gasteiger partial charge on any atom is 0.360 e. The number of amides is 1. The first-order chi connectivity index (χ1) is 12.6. The molecule has 0 spiro atoms. The van der Waals surface area contributed by atoms with Crippen LogP contribution in [0.15, 0.2) is 33.5 Å². The maximum atomic E-state index is 12.2. The highest BCUT2D eigenvalue weighted by Crippen LogP contribution is 2.24. The fourth-order valence-electron chi connectivity index (χ4n) is 2.49. The summed E-state index contributed by atoms with van der Waals surface area (Å²) in [4.78, 5) is 26.4. The van der Waals surface area contributed by atoms with Crippen molar-refractivity contribution in [3.63, 3.8) is 0 Å². The van der Waals surface area contributed by atoms with Gasteiger partial charge in [0.25, 0.3) is 0 Å². The Morgan fingerprint density at radius 1 is 1.19 bits per heavy atom. The Hall–Kier alpha value is -1.35. The summed E-state index contributed by atoms with van der Waals surface area (Å²) in [7, 11) is 3.24. The molecule has 1 amide bonds. The summed E-state index contributed by atoms with van der Waals surface area (Å²) in [6.45, 7) is 6.53. The second-order valence-corrected chi connectivity index (χ2v) is 8.27. The number of halogens is 1. The van der Waals surface area contributed by atoms with Gasteiger partial charge in [0.1, 0.15) is 11.3 Å². The number of carbonyl (C=O) groups excluding carboxylic acids is 1. The molecule has 0 unspecified atom stereocenters. The lowest BCUT2D eigenvalue weighted by atomic mass is 10.2. The van der Waals surface area contributed by atoms with E-state index in [1.165, 1.54) is 0 Å². The lowest BCUT2D eigenvalue weighted by Crippen LogP contribution is -2.21. The molecule has 0 saturated carbocycles. The van der Waals surface area contributed by atoms with E-state index >= 15 is 0 Å². The van der Waals surface area contributed by atoms with Crippen LogP contribution in [0.2, 0.25) is 0 Å². The van der Waals surface area contributed by atoms with Crippen molar-refractivity contribution >= 4 is 62.2 Å². The summed E-state index contributed by atoms with van der Waals surface area (Å²) in [5.41, 5.74) is 6.59. The molecule has 27 heavy (non-hydrogen) atoms. The molecular formula is C18H26ClN3O3S2. The van der Waals surface area contributed by atoms with Crippen LogP contribution in [0.3, 0.4) is 0 Å². The Bertz CT molecular complexity index is 797. The first-order valence-electron chi connectivity index (χ1n) is 8.66. The average molecular weight is 432 g/mol. The highest BCUT2D eigenvalue weighted by molar-refractivity contribution is 8.76. The van der Waals surface area contributed by atoms with Gasteiger partial charge in [-0.15, -0.1) is 12.4 Å². The normalized spacial score (nSPS) is 10.5. The molecule has 1 aromatic carbocycles. The summed E-state index contributed by atoms with van der Waals surface area (Å²) in [6, 6.07) is 7.43. The smallest absolute Gasteiger partial charge is 0.360 e. The third kappa shape index (κ3) is 6.95. The van der Waals surface area contributed by atoms with Gasteiger partial charge in [-0.05, 0) is 32.0 Å². The highest BCUT2D eigenvalue weighted by Gasteiger charge is 2.11. The summed E-state index contributed by atoms with van der Waals surface area (Å²) < 4.78 is 5.41. The summed E-state index contributed by atoms with van der Waals surface area (Å²) >= 11 is 0. The number of carbonyl (C=O) groups is 1. The largest absolute Gasteiger partial charge is 0.421 e. The fourth-order valence-corrected chi connectivity index (χ4v) is 4.33. The molecule has 1 aromatic heterocycles. The molecule has 0 bridgehead atoms. The van der Waals surface area contributed by atoms with Crippen molar-refractivity contribution in [2.45, 2.75) is 20.3 Å². The number of benzene rings is 1. The summed E-state index contributed by atoms with van der Waals surface area (Å²) in [6.07, 6.45) is 0.334. The van der Waals surface area contributed by atoms with Gasteiger partial charge in [-0.2, -0.15) is 0 Å². The molecule has 0 fully saturated rings. The van der Waals surface area contributed by atoms with E-state index in [0.29, 0.717) is 24.3 Å². The van der Waals surface area contributed by atoms with Crippen LogP contribution >= 0.6 is 34.0 Å². The number of nitrogens with one attached hydrogen (secondary N) is 1. The third-order valence-corrected chi connectivity index (χ3v) is 6.26. The molecule has 2 aromatic rings. The molecule has 0 atom stereocenters. The van der Waals surface area contributed by atoms with Crippen molar-refractivity contribution in [2.75, 3.05) is 41.4 Å². The molecule has 0 saturated heterocycles. The van der Waals surface area contributed by atoms with Gasteiger partial charge in [-0.1, -0.05) is 21.6 Å². The van der Waals surface area contributed by atoms with Crippen LogP contribution in [0.25, 0.3) is 11.0 Å². The number of anilines is 2. The number of nitrogens with two attached hydrogens (primary N) is 1. The molecule has 6 nitrogen and oxygen atoms in total. The average Bonchev–Trinajstić information content (AvgIpc) is 2.63. The first-order valence-corrected chi connectivity index (χ1v) is 11.1. The van der Waals surface area contributed by atoms with Crippen LogP contribution in [0, 0.1) is 0 Å². The lowest BCUT2D eigenvalue weighted by molar-refractivity contribution is -0.115. The number of hydrogen-bond donors (Lipinski definition) is 2. The fraction of sp³-hybridized carbons (Fsp3) is 0.444. The van der Waals surface area contributed by atoms with Crippen LogP contribution in [-0.4, -0.2) is 37.0 Å². The molecule has 1 heterocycles. The van der Waals surface area contributed by atoms with Gasteiger partial charge in [0.2, 0.25) is 5.91 Å². The van der Waals surface area contributed by atoms with Crippen molar-refractivity contribution in [2.24, 2.45) is 5.73 Å². The zero-order valence-corrected chi connectivity index (χ0v) is 18.0. The maximum absolute atomic E-state index is 12.2. The van der Waals surface area contributed by atoms with E-state index in [1.807, 2.05) is 18.2 Å². The van der Waals surface area contributed by atoms with Crippen LogP contribution in [-0.2, 0) is 4.79 Å². The topological polar surface area (TPSA) is 88.6 Å². The highest BCUT2D eigenvalue weighted by atomic mass is 35.5. The molecule has 3 N–H and O–H groups in total. The van der Waals surface area contributed by atoms with Gasteiger partial charge >= 0.3 is 5.63 Å². The van der Waals surface area contributed by atoms with E-state index in [4.69, 9.17) is 10.2 Å². The van der Waals surface area contributed by atoms with Crippen LogP contribution in [0.4, 0.5) is 11.4 Å². The monoisotopic (exact) mass is 431 g/mol. The number of rotatable bonds is 10. The van der Waals surface area contributed by atoms with Crippen molar-refractivity contribution in [1.82, 2.24) is 0 Å². The minimum absolute atomic E-state index is 0. The van der Waals surface area contributed by atoms with Gasteiger partial charge in [0.05, 0.1) is 0 Å². The van der Waals surface area contributed by atoms with Crippen molar-refractivity contribution in [3.8, 4) is 0 Å². The Morgan fingerprint density at radius 2 is 1.89 bits per heavy atom. The SMILES string of the molecule is CCN(CC)c1ccc2cc(NC(=O)CCSSCCN)c(=O)oc2c1.Cl. The van der Waals surface area contributed by atoms with E-state index in [0.717, 1.165) is 29.9 Å². The van der Waals surface area contributed by atoms with E-state index in [9.17, 15) is 9.59 Å². The standard InChI is InChI=1S/C18H25N3O3S2.ClH/c1-3-21(4-2)14-6-5-13-11-15(18(23)24-16(13)12-14)20-17(22)7-9-25-26-10-8-19;/h5-6,11-12H,3-4,7-10,19H2,1-2H3,(H,20,22);1H. The second-order valence-electron chi connectivity index (χ2n) is 5.57. The van der Waals surface area contributed by atoms with Crippen LogP contribution < -0.4 is 21.6 Å². The van der Waals surface area contributed by atoms with Gasteiger partial charge in [-0.25, -0.2) is 4.79 Å². The molecule has 150 valence electrons. The van der Waals surface area contributed by atoms with Gasteiger partial charge < -0.3 is 20.4 Å². The zero-order valence-electron chi connectivity index (χ0n) is 15.5. The second kappa shape index (κ2) is 12.2. The number of nitrogens with zero attached hydrogens (tertiary/aromatic N) is 1. The van der Waals surface area contributed by atoms with Crippen molar-refractivity contribution < 1.29 is 9.21 Å². The molecule has 0 aliphatic rings. The quantitative estimate of drug-likeness (QED) is 0.336. The molecule has 9 heteroatoms. The Balaban J connectivity index is 0.00000364. The van der Waals surface area contributed by atoms with Crippen LogP contribution in [0.1, 0.15) is 20.3 Å². The van der Waals surface area contributed by atoms with Crippen molar-refractivity contribution in [3.05, 3.63) is 34.7 Å². The minimum atomic E-state index is -0.535. The van der Waals surface area contributed by atoms with Crippen LogP contribution in [0.5, 0.6) is 0 Å². The molecule has 0 aliphatic heterocycles. The molecule has 0 radical (unpaired) electrons. The molecule has 0 aliphatic carbocycles. The summed E-state index contributed by atoms with van der Waals surface area (Å²) in [5, 5.41) is 3.43. The Morgan fingerprint density at radius 3 is 2.56 bits per heavy atom. The number of hydrogen-bond acceptors (Lipinski definition) is 7. The summed E-state index contributed by atoms with van der Waals surface area (Å²) in [5.74, 6) is 1.33. The number of fused-ring (bicyclic) bond motifs is 1. The third-order valence-electron chi connectivity index (χ3n) is 3.82. The zero-order chi connectivity index (χ0) is 18.9. The predicted molar refractivity (Wildman–Crippen MR) is 121 cm³/mol.